The van der Waals surface area contributed by atoms with Gasteiger partial charge in [0.1, 0.15) is 11.4 Å². The van der Waals surface area contributed by atoms with Crippen molar-refractivity contribution >= 4 is 16.1 Å². The van der Waals surface area contributed by atoms with E-state index in [1.165, 1.54) is 12.1 Å². The SMILES string of the molecule is CC[C@H]1[C@@H](O)[C@@H]2[C@H](CC[C@]3(C)[C@@H]([C@H](C)COC(=O)NS(=O)(=O)c4ccc5c(c4)CCC(C)(CO)O5)CC[C@@H]23)[C@@]2(C)CC[C@@H](O)C[C@@H]12. The van der Waals surface area contributed by atoms with Crippen molar-refractivity contribution in [3.8, 4) is 5.75 Å². The number of amides is 1. The van der Waals surface area contributed by atoms with E-state index in [1.807, 2.05) is 6.92 Å². The van der Waals surface area contributed by atoms with Crippen molar-refractivity contribution in [1.29, 1.82) is 0 Å². The van der Waals surface area contributed by atoms with Crippen molar-refractivity contribution in [2.45, 2.75) is 122 Å². The van der Waals surface area contributed by atoms with Gasteiger partial charge in [0.05, 0.1) is 30.3 Å². The van der Waals surface area contributed by atoms with Crippen LogP contribution in [0.3, 0.4) is 0 Å². The number of aliphatic hydroxyl groups excluding tert-OH is 3. The molecule has 6 rings (SSSR count). The molecule has 1 unspecified atom stereocenters. The number of hydrogen-bond donors (Lipinski definition) is 4. The minimum Gasteiger partial charge on any atom is -0.485 e. The second-order valence-electron chi connectivity index (χ2n) is 16.3. The number of sulfonamides is 1. The second-order valence-corrected chi connectivity index (χ2v) is 18.0. The van der Waals surface area contributed by atoms with Crippen LogP contribution in [0, 0.1) is 52.3 Å². The molecule has 1 heterocycles. The van der Waals surface area contributed by atoms with Gasteiger partial charge in [0.25, 0.3) is 10.0 Å². The summed E-state index contributed by atoms with van der Waals surface area (Å²) in [5.74, 6) is 2.53. The van der Waals surface area contributed by atoms with E-state index >= 15 is 0 Å². The van der Waals surface area contributed by atoms with E-state index in [0.29, 0.717) is 47.8 Å². The molecule has 0 radical (unpaired) electrons. The Morgan fingerprint density at radius 3 is 2.48 bits per heavy atom. The highest BCUT2D eigenvalue weighted by atomic mass is 32.2. The molecule has 4 aliphatic carbocycles. The molecule has 4 fully saturated rings. The van der Waals surface area contributed by atoms with Crippen LogP contribution in [0.15, 0.2) is 23.1 Å². The van der Waals surface area contributed by atoms with Crippen LogP contribution in [0.25, 0.3) is 0 Å². The molecule has 0 bridgehead atoms. The zero-order valence-corrected chi connectivity index (χ0v) is 29.0. The summed E-state index contributed by atoms with van der Waals surface area (Å²) >= 11 is 0. The molecule has 10 heteroatoms. The maximum atomic E-state index is 13.1. The zero-order valence-electron chi connectivity index (χ0n) is 28.2. The Hall–Kier alpha value is -1.88. The normalized spacial score (nSPS) is 42.4. The van der Waals surface area contributed by atoms with Crippen molar-refractivity contribution in [2.24, 2.45) is 52.3 Å². The van der Waals surface area contributed by atoms with Crippen LogP contribution >= 0.6 is 0 Å². The molecule has 0 aromatic heterocycles. The molecule has 12 atom stereocenters. The van der Waals surface area contributed by atoms with Crippen molar-refractivity contribution in [3.63, 3.8) is 0 Å². The Morgan fingerprint density at radius 1 is 1.04 bits per heavy atom. The van der Waals surface area contributed by atoms with Gasteiger partial charge in [0, 0.05) is 0 Å². The lowest BCUT2D eigenvalue weighted by Gasteiger charge is -2.64. The fourth-order valence-electron chi connectivity index (χ4n) is 11.3. The van der Waals surface area contributed by atoms with E-state index in [-0.39, 0.29) is 58.9 Å². The van der Waals surface area contributed by atoms with Crippen molar-refractivity contribution < 1.29 is 38.0 Å². The van der Waals surface area contributed by atoms with E-state index in [1.54, 1.807) is 6.07 Å². The molecule has 4 N–H and O–H groups in total. The van der Waals surface area contributed by atoms with E-state index in [4.69, 9.17) is 9.47 Å². The highest BCUT2D eigenvalue weighted by molar-refractivity contribution is 7.90. The third-order valence-corrected chi connectivity index (χ3v) is 15.1. The lowest BCUT2D eigenvalue weighted by molar-refractivity contribution is -0.203. The highest BCUT2D eigenvalue weighted by Crippen LogP contribution is 2.69. The monoisotopic (exact) mass is 661 g/mol. The first-order chi connectivity index (χ1) is 21.7. The van der Waals surface area contributed by atoms with E-state index in [0.717, 1.165) is 51.4 Å². The molecule has 1 aliphatic heterocycles. The number of hydrogen-bond acceptors (Lipinski definition) is 8. The van der Waals surface area contributed by atoms with E-state index in [2.05, 4.69) is 32.4 Å². The second kappa shape index (κ2) is 12.2. The largest absolute Gasteiger partial charge is 0.485 e. The van der Waals surface area contributed by atoms with Crippen molar-refractivity contribution in [3.05, 3.63) is 23.8 Å². The maximum Gasteiger partial charge on any atom is 0.421 e. The van der Waals surface area contributed by atoms with Crippen LogP contribution in [0.1, 0.15) is 98.0 Å². The third-order valence-electron chi connectivity index (χ3n) is 13.8. The van der Waals surface area contributed by atoms with E-state index in [9.17, 15) is 28.5 Å². The van der Waals surface area contributed by atoms with Gasteiger partial charge in [-0.15, -0.1) is 0 Å². The molecular weight excluding hydrogens is 606 g/mol. The van der Waals surface area contributed by atoms with Crippen LogP contribution in [0.5, 0.6) is 5.75 Å². The summed E-state index contributed by atoms with van der Waals surface area (Å²) in [6.45, 7) is 10.9. The first-order valence-electron chi connectivity index (χ1n) is 17.6. The topological polar surface area (TPSA) is 142 Å². The number of ether oxygens (including phenoxy) is 2. The predicted octanol–water partition coefficient (Wildman–Crippen LogP) is 5.44. The van der Waals surface area contributed by atoms with Gasteiger partial charge in [-0.05, 0) is 141 Å². The Kier molecular flexibility index (Phi) is 9.03. The summed E-state index contributed by atoms with van der Waals surface area (Å²) in [6.07, 6.45) is 7.31. The Bertz CT molecular complexity index is 1420. The first-order valence-corrected chi connectivity index (χ1v) is 19.1. The van der Waals surface area contributed by atoms with Gasteiger partial charge in [0.15, 0.2) is 0 Å². The van der Waals surface area contributed by atoms with Crippen molar-refractivity contribution in [2.75, 3.05) is 13.2 Å². The molecule has 5 aliphatic rings. The van der Waals surface area contributed by atoms with Crippen LogP contribution in [-0.4, -0.2) is 60.9 Å². The van der Waals surface area contributed by atoms with Crippen LogP contribution < -0.4 is 9.46 Å². The molecule has 46 heavy (non-hydrogen) atoms. The Balaban J connectivity index is 1.09. The molecule has 1 aromatic carbocycles. The number of nitrogens with one attached hydrogen (secondary N) is 1. The summed E-state index contributed by atoms with van der Waals surface area (Å²) in [5, 5.41) is 32.1. The Labute approximate surface area is 274 Å². The van der Waals surface area contributed by atoms with Gasteiger partial charge >= 0.3 is 6.09 Å². The van der Waals surface area contributed by atoms with Crippen LogP contribution in [0.4, 0.5) is 4.79 Å². The summed E-state index contributed by atoms with van der Waals surface area (Å²) < 4.78 is 39.7. The number of carbonyl (C=O) groups is 1. The molecule has 4 saturated carbocycles. The summed E-state index contributed by atoms with van der Waals surface area (Å²) in [5.41, 5.74) is 0.179. The van der Waals surface area contributed by atoms with Crippen molar-refractivity contribution in [1.82, 2.24) is 4.72 Å². The number of fused-ring (bicyclic) bond motifs is 6. The summed E-state index contributed by atoms with van der Waals surface area (Å²) in [6, 6.07) is 4.48. The van der Waals surface area contributed by atoms with E-state index < -0.39 is 21.7 Å². The lowest BCUT2D eigenvalue weighted by Crippen LogP contribution is -2.62. The maximum absolute atomic E-state index is 13.1. The standard InChI is InChI=1S/C36H55NO8S/c1-6-25-29-18-23(39)12-15-36(29,5)28-13-16-35(4)26(8-9-27(35)31(28)32(25)40)21(2)19-44-33(41)37-46(42,43)24-7-10-30-22(17-24)11-14-34(3,20-38)45-30/h7,10,17,21,23,25-29,31-32,38-40H,6,8-9,11-16,18-20H2,1-5H3,(H,37,41)/t21-,23-,25-,26-,27+,28+,29+,31+,32-,34?,35-,36-/m1/s1. The number of aryl methyl sites for hydroxylation is 1. The predicted molar refractivity (Wildman–Crippen MR) is 173 cm³/mol. The summed E-state index contributed by atoms with van der Waals surface area (Å²) in [7, 11) is -4.14. The van der Waals surface area contributed by atoms with Gasteiger partial charge in [-0.25, -0.2) is 17.9 Å². The quantitative estimate of drug-likeness (QED) is 0.303. The van der Waals surface area contributed by atoms with Gasteiger partial charge in [0.2, 0.25) is 0 Å². The van der Waals surface area contributed by atoms with Gasteiger partial charge in [-0.2, -0.15) is 0 Å². The molecule has 9 nitrogen and oxygen atoms in total. The number of rotatable bonds is 7. The minimum absolute atomic E-state index is 0.0143. The average molecular weight is 662 g/mol. The van der Waals surface area contributed by atoms with Crippen LogP contribution in [-0.2, 0) is 21.2 Å². The third kappa shape index (κ3) is 5.67. The molecule has 1 aromatic rings. The number of aliphatic hydroxyl groups is 3. The highest BCUT2D eigenvalue weighted by Gasteiger charge is 2.65. The molecular formula is C36H55NO8S. The summed E-state index contributed by atoms with van der Waals surface area (Å²) in [4.78, 5) is 12.8. The average Bonchev–Trinajstić information content (AvgIpc) is 3.37. The molecule has 0 spiro atoms. The van der Waals surface area contributed by atoms with Gasteiger partial charge in [-0.1, -0.05) is 34.1 Å². The fourth-order valence-corrected chi connectivity index (χ4v) is 12.2. The smallest absolute Gasteiger partial charge is 0.421 e. The first kappa shape index (κ1) is 34.0. The number of benzene rings is 1. The Morgan fingerprint density at radius 2 is 1.76 bits per heavy atom. The molecule has 0 saturated heterocycles. The van der Waals surface area contributed by atoms with Gasteiger partial charge < -0.3 is 24.8 Å². The zero-order chi connectivity index (χ0) is 33.2. The fraction of sp³-hybridized carbons (Fsp3) is 0.806. The minimum atomic E-state index is -4.14. The molecule has 258 valence electrons. The number of carbonyl (C=O) groups excluding carboxylic acids is 1. The van der Waals surface area contributed by atoms with Gasteiger partial charge in [-0.3, -0.25) is 0 Å². The molecule has 1 amide bonds. The lowest BCUT2D eigenvalue weighted by atomic mass is 9.41. The van der Waals surface area contributed by atoms with Crippen LogP contribution in [0.2, 0.25) is 0 Å².